The highest BCUT2D eigenvalue weighted by atomic mass is 16.7. The van der Waals surface area contributed by atoms with E-state index in [4.69, 9.17) is 9.47 Å². The van der Waals surface area contributed by atoms with E-state index >= 15 is 0 Å². The molecule has 1 aliphatic heterocycles. The Morgan fingerprint density at radius 3 is 2.38 bits per heavy atom. The highest BCUT2D eigenvalue weighted by Crippen LogP contribution is 2.51. The van der Waals surface area contributed by atoms with Crippen LogP contribution in [-0.2, 0) is 10.2 Å². The normalized spacial score (nSPS) is 15.8. The summed E-state index contributed by atoms with van der Waals surface area (Å²) in [5.41, 5.74) is 6.16. The second-order valence-corrected chi connectivity index (χ2v) is 7.95. The second-order valence-electron chi connectivity index (χ2n) is 7.95. The van der Waals surface area contributed by atoms with Gasteiger partial charge in [0.1, 0.15) is 0 Å². The maximum Gasteiger partial charge on any atom is 0.235 e. The van der Waals surface area contributed by atoms with Gasteiger partial charge in [-0.1, -0.05) is 36.4 Å². The van der Waals surface area contributed by atoms with Crippen molar-refractivity contribution in [3.8, 4) is 22.6 Å². The number of carbonyl (C=O) groups excluding carboxylic acids is 1. The van der Waals surface area contributed by atoms with Crippen molar-refractivity contribution in [2.75, 3.05) is 12.1 Å². The molecule has 3 aromatic rings. The third-order valence-corrected chi connectivity index (χ3v) is 6.03. The number of anilines is 1. The highest BCUT2D eigenvalue weighted by molar-refractivity contribution is 6.01. The summed E-state index contributed by atoms with van der Waals surface area (Å²) < 4.78 is 10.9. The van der Waals surface area contributed by atoms with Crippen LogP contribution in [0.4, 0.5) is 5.69 Å². The molecule has 0 bridgehead atoms. The van der Waals surface area contributed by atoms with Gasteiger partial charge in [0.15, 0.2) is 11.5 Å². The van der Waals surface area contributed by atoms with Crippen LogP contribution >= 0.6 is 0 Å². The maximum absolute atomic E-state index is 13.1. The molecule has 0 aromatic heterocycles. The van der Waals surface area contributed by atoms with E-state index in [1.165, 1.54) is 16.7 Å². The first kappa shape index (κ1) is 17.8. The molecule has 0 atom stereocenters. The molecule has 1 aliphatic carbocycles. The fourth-order valence-corrected chi connectivity index (χ4v) is 4.14. The number of amides is 1. The van der Waals surface area contributed by atoms with Crippen LogP contribution in [0.2, 0.25) is 0 Å². The quantitative estimate of drug-likeness (QED) is 0.657. The van der Waals surface area contributed by atoms with Gasteiger partial charge in [0.25, 0.3) is 0 Å². The fraction of sp³-hybridized carbons (Fsp3) is 0.240. The zero-order chi connectivity index (χ0) is 20.0. The smallest absolute Gasteiger partial charge is 0.235 e. The molecule has 1 N–H and O–H groups in total. The number of ether oxygens (including phenoxy) is 2. The van der Waals surface area contributed by atoms with Crippen LogP contribution in [0, 0.1) is 13.8 Å². The molecule has 29 heavy (non-hydrogen) atoms. The van der Waals surface area contributed by atoms with Crippen molar-refractivity contribution in [1.29, 1.82) is 0 Å². The summed E-state index contributed by atoms with van der Waals surface area (Å²) in [5.74, 6) is 1.51. The summed E-state index contributed by atoms with van der Waals surface area (Å²) in [6, 6.07) is 20.3. The van der Waals surface area contributed by atoms with Crippen LogP contribution in [0.1, 0.15) is 29.5 Å². The molecular formula is C25H23NO3. The first-order valence-electron chi connectivity index (χ1n) is 9.95. The van der Waals surface area contributed by atoms with Gasteiger partial charge in [-0.3, -0.25) is 4.79 Å². The van der Waals surface area contributed by atoms with Crippen molar-refractivity contribution < 1.29 is 14.3 Å². The van der Waals surface area contributed by atoms with E-state index in [1.807, 2.05) is 30.3 Å². The maximum atomic E-state index is 13.1. The average molecular weight is 385 g/mol. The Bertz CT molecular complexity index is 1110. The van der Waals surface area contributed by atoms with E-state index in [9.17, 15) is 4.79 Å². The third kappa shape index (κ3) is 3.05. The molecule has 2 aliphatic rings. The number of rotatable bonds is 4. The van der Waals surface area contributed by atoms with Crippen LogP contribution in [0.15, 0.2) is 60.7 Å². The Balaban J connectivity index is 1.38. The monoisotopic (exact) mass is 385 g/mol. The van der Waals surface area contributed by atoms with E-state index < -0.39 is 5.41 Å². The lowest BCUT2D eigenvalue weighted by molar-refractivity contribution is -0.118. The van der Waals surface area contributed by atoms with E-state index in [0.717, 1.165) is 41.2 Å². The molecule has 1 saturated carbocycles. The van der Waals surface area contributed by atoms with Gasteiger partial charge in [0.05, 0.1) is 5.41 Å². The minimum Gasteiger partial charge on any atom is -0.454 e. The average Bonchev–Trinajstić information content (AvgIpc) is 3.40. The van der Waals surface area contributed by atoms with Crippen LogP contribution in [0.25, 0.3) is 11.1 Å². The predicted octanol–water partition coefficient (Wildman–Crippen LogP) is 5.37. The van der Waals surface area contributed by atoms with Crippen LogP contribution < -0.4 is 14.8 Å². The molecule has 0 saturated heterocycles. The number of benzene rings is 3. The molecule has 4 nitrogen and oxygen atoms in total. The van der Waals surface area contributed by atoms with Crippen molar-refractivity contribution in [1.82, 2.24) is 0 Å². The lowest BCUT2D eigenvalue weighted by atomic mass is 9.93. The number of hydrogen-bond acceptors (Lipinski definition) is 3. The zero-order valence-corrected chi connectivity index (χ0v) is 16.6. The molecule has 4 heteroatoms. The van der Waals surface area contributed by atoms with Gasteiger partial charge in [0, 0.05) is 5.69 Å². The first-order valence-corrected chi connectivity index (χ1v) is 9.95. The van der Waals surface area contributed by atoms with E-state index in [0.29, 0.717) is 0 Å². The summed E-state index contributed by atoms with van der Waals surface area (Å²) in [4.78, 5) is 13.1. The van der Waals surface area contributed by atoms with Crippen LogP contribution in [-0.4, -0.2) is 12.7 Å². The molecule has 1 amide bonds. The first-order chi connectivity index (χ1) is 14.1. The Kier molecular flexibility index (Phi) is 4.09. The molecule has 0 unspecified atom stereocenters. The summed E-state index contributed by atoms with van der Waals surface area (Å²) in [6.07, 6.45) is 1.69. The van der Waals surface area contributed by atoms with Gasteiger partial charge in [-0.2, -0.15) is 0 Å². The van der Waals surface area contributed by atoms with Gasteiger partial charge in [-0.25, -0.2) is 0 Å². The van der Waals surface area contributed by atoms with Crippen molar-refractivity contribution in [2.24, 2.45) is 0 Å². The molecule has 0 spiro atoms. The van der Waals surface area contributed by atoms with Gasteiger partial charge in [0.2, 0.25) is 12.7 Å². The SMILES string of the molecule is Cc1ccccc1-c1ccc(NC(=O)C2(c3ccc4c(c3)OCO4)CC2)cc1C. The predicted molar refractivity (Wildman–Crippen MR) is 113 cm³/mol. The number of nitrogens with one attached hydrogen (secondary N) is 1. The Hall–Kier alpha value is -3.27. The number of fused-ring (bicyclic) bond motifs is 1. The number of aryl methyl sites for hydroxylation is 2. The van der Waals surface area contributed by atoms with Crippen molar-refractivity contribution in [3.63, 3.8) is 0 Å². The number of carbonyl (C=O) groups is 1. The summed E-state index contributed by atoms with van der Waals surface area (Å²) in [5, 5.41) is 3.13. The van der Waals surface area contributed by atoms with Gasteiger partial charge < -0.3 is 14.8 Å². The fourth-order valence-electron chi connectivity index (χ4n) is 4.14. The molecule has 5 rings (SSSR count). The van der Waals surface area contributed by atoms with E-state index in [1.54, 1.807) is 0 Å². The molecule has 1 heterocycles. The lowest BCUT2D eigenvalue weighted by Crippen LogP contribution is -2.27. The van der Waals surface area contributed by atoms with Gasteiger partial charge in [-0.15, -0.1) is 0 Å². The minimum atomic E-state index is -0.469. The summed E-state index contributed by atoms with van der Waals surface area (Å²) in [7, 11) is 0. The molecule has 1 fully saturated rings. The zero-order valence-electron chi connectivity index (χ0n) is 16.6. The topological polar surface area (TPSA) is 47.6 Å². The second kappa shape index (κ2) is 6.66. The van der Waals surface area contributed by atoms with Gasteiger partial charge >= 0.3 is 0 Å². The number of hydrogen-bond donors (Lipinski definition) is 1. The van der Waals surface area contributed by atoms with Gasteiger partial charge in [-0.05, 0) is 78.8 Å². The molecule has 3 aromatic carbocycles. The summed E-state index contributed by atoms with van der Waals surface area (Å²) in [6.45, 7) is 4.44. The Morgan fingerprint density at radius 1 is 0.862 bits per heavy atom. The van der Waals surface area contributed by atoms with Crippen LogP contribution in [0.5, 0.6) is 11.5 Å². The van der Waals surface area contributed by atoms with E-state index in [-0.39, 0.29) is 12.7 Å². The standard InChI is InChI=1S/C25H23NO3/c1-16-5-3-4-6-20(16)21-9-8-19(13-17(21)2)26-24(27)25(11-12-25)18-7-10-22-23(14-18)29-15-28-22/h3-10,13-14H,11-12,15H2,1-2H3,(H,26,27). The van der Waals surface area contributed by atoms with E-state index in [2.05, 4.69) is 49.5 Å². The molecule has 146 valence electrons. The minimum absolute atomic E-state index is 0.0411. The van der Waals surface area contributed by atoms with Crippen molar-refractivity contribution in [3.05, 3.63) is 77.4 Å². The van der Waals surface area contributed by atoms with Crippen molar-refractivity contribution in [2.45, 2.75) is 32.1 Å². The lowest BCUT2D eigenvalue weighted by Gasteiger charge is -2.17. The highest BCUT2D eigenvalue weighted by Gasteiger charge is 2.51. The third-order valence-electron chi connectivity index (χ3n) is 6.03. The van der Waals surface area contributed by atoms with Crippen LogP contribution in [0.3, 0.4) is 0 Å². The summed E-state index contributed by atoms with van der Waals surface area (Å²) >= 11 is 0. The molecular weight excluding hydrogens is 362 g/mol. The van der Waals surface area contributed by atoms with Crippen molar-refractivity contribution >= 4 is 11.6 Å². The molecule has 0 radical (unpaired) electrons. The Morgan fingerprint density at radius 2 is 1.62 bits per heavy atom. The largest absolute Gasteiger partial charge is 0.454 e. The Labute approximate surface area is 170 Å².